The first kappa shape index (κ1) is 18.0. The molecule has 0 saturated carbocycles. The molecule has 140 valence electrons. The zero-order valence-corrected chi connectivity index (χ0v) is 15.8. The summed E-state index contributed by atoms with van der Waals surface area (Å²) in [5.41, 5.74) is 4.01. The van der Waals surface area contributed by atoms with Crippen molar-refractivity contribution in [3.8, 4) is 0 Å². The molecule has 0 atom stereocenters. The normalized spacial score (nSPS) is 10.9. The van der Waals surface area contributed by atoms with Gasteiger partial charge in [-0.15, -0.1) is 0 Å². The molecular formula is C24H22N2O2. The molecule has 0 aliphatic rings. The Kier molecular flexibility index (Phi) is 5.20. The van der Waals surface area contributed by atoms with Crippen molar-refractivity contribution >= 4 is 22.7 Å². The second kappa shape index (κ2) is 8.09. The molecule has 28 heavy (non-hydrogen) atoms. The van der Waals surface area contributed by atoms with Crippen LogP contribution in [0.5, 0.6) is 0 Å². The first-order chi connectivity index (χ1) is 13.7. The number of rotatable bonds is 6. The van der Waals surface area contributed by atoms with Crippen LogP contribution < -0.4 is 4.90 Å². The summed E-state index contributed by atoms with van der Waals surface area (Å²) in [5.74, 6) is 0.644. The van der Waals surface area contributed by atoms with E-state index in [1.807, 2.05) is 54.6 Å². The van der Waals surface area contributed by atoms with Gasteiger partial charge in [-0.3, -0.25) is 9.69 Å². The summed E-state index contributed by atoms with van der Waals surface area (Å²) >= 11 is 0. The summed E-state index contributed by atoms with van der Waals surface area (Å²) in [6.07, 6.45) is 4.62. The average molecular weight is 370 g/mol. The highest BCUT2D eigenvalue weighted by Gasteiger charge is 2.20. The van der Waals surface area contributed by atoms with E-state index >= 15 is 0 Å². The van der Waals surface area contributed by atoms with E-state index < -0.39 is 0 Å². The van der Waals surface area contributed by atoms with Crippen LogP contribution in [0.3, 0.4) is 0 Å². The number of amides is 1. The zero-order valence-electron chi connectivity index (χ0n) is 15.8. The lowest BCUT2D eigenvalue weighted by atomic mass is 10.1. The van der Waals surface area contributed by atoms with Crippen molar-refractivity contribution in [1.82, 2.24) is 4.98 Å². The molecule has 4 rings (SSSR count). The molecular weight excluding hydrogens is 348 g/mol. The highest BCUT2D eigenvalue weighted by Crippen LogP contribution is 2.25. The van der Waals surface area contributed by atoms with Crippen molar-refractivity contribution in [2.24, 2.45) is 0 Å². The van der Waals surface area contributed by atoms with Gasteiger partial charge in [-0.1, -0.05) is 49.4 Å². The van der Waals surface area contributed by atoms with Gasteiger partial charge in [0, 0.05) is 17.1 Å². The number of anilines is 1. The quantitative estimate of drug-likeness (QED) is 0.471. The molecule has 1 amide bonds. The average Bonchev–Trinajstić information content (AvgIpc) is 3.15. The lowest BCUT2D eigenvalue weighted by Crippen LogP contribution is -2.32. The van der Waals surface area contributed by atoms with Gasteiger partial charge >= 0.3 is 0 Å². The third-order valence-electron chi connectivity index (χ3n) is 4.88. The summed E-state index contributed by atoms with van der Waals surface area (Å²) in [6.45, 7) is 2.60. The van der Waals surface area contributed by atoms with E-state index in [2.05, 4.69) is 24.0 Å². The Labute approximate surface area is 164 Å². The van der Waals surface area contributed by atoms with Crippen LogP contribution in [0, 0.1) is 0 Å². The van der Waals surface area contributed by atoms with E-state index in [0.717, 1.165) is 28.5 Å². The van der Waals surface area contributed by atoms with Gasteiger partial charge in [0.2, 0.25) is 5.91 Å². The Hall–Kier alpha value is -3.40. The van der Waals surface area contributed by atoms with Crippen molar-refractivity contribution in [3.05, 3.63) is 95.9 Å². The van der Waals surface area contributed by atoms with Crippen LogP contribution in [-0.2, 0) is 24.2 Å². The molecule has 0 aliphatic heterocycles. The van der Waals surface area contributed by atoms with E-state index in [9.17, 15) is 4.79 Å². The van der Waals surface area contributed by atoms with E-state index in [-0.39, 0.29) is 12.3 Å². The molecule has 0 saturated heterocycles. The summed E-state index contributed by atoms with van der Waals surface area (Å²) in [6, 6.07) is 21.7. The molecule has 2 heterocycles. The largest absolute Gasteiger partial charge is 0.464 e. The van der Waals surface area contributed by atoms with Crippen LogP contribution in [0.15, 0.2) is 83.6 Å². The second-order valence-electron chi connectivity index (χ2n) is 6.78. The number of aromatic nitrogens is 1. The number of pyridine rings is 1. The topological polar surface area (TPSA) is 46.3 Å². The fourth-order valence-corrected chi connectivity index (χ4v) is 3.32. The maximum atomic E-state index is 13.3. The molecule has 0 fully saturated rings. The number of carbonyl (C=O) groups excluding carboxylic acids is 1. The molecule has 0 radical (unpaired) electrons. The number of nitrogens with zero attached hydrogens (tertiary/aromatic N) is 2. The lowest BCUT2D eigenvalue weighted by Gasteiger charge is -2.22. The number of furan rings is 1. The van der Waals surface area contributed by atoms with Crippen molar-refractivity contribution in [2.75, 3.05) is 4.90 Å². The first-order valence-electron chi connectivity index (χ1n) is 9.49. The highest BCUT2D eigenvalue weighted by atomic mass is 16.3. The molecule has 4 nitrogen and oxygen atoms in total. The molecule has 2 aromatic heterocycles. The molecule has 0 N–H and O–H groups in total. The molecule has 4 heteroatoms. The summed E-state index contributed by atoms with van der Waals surface area (Å²) in [4.78, 5) is 19.4. The minimum absolute atomic E-state index is 0.00726. The van der Waals surface area contributed by atoms with E-state index in [4.69, 9.17) is 4.42 Å². The predicted octanol–water partition coefficient (Wildman–Crippen LogP) is 5.17. The molecule has 0 unspecified atom stereocenters. The maximum Gasteiger partial charge on any atom is 0.233 e. The highest BCUT2D eigenvalue weighted by molar-refractivity contribution is 5.96. The van der Waals surface area contributed by atoms with Crippen molar-refractivity contribution in [1.29, 1.82) is 0 Å². The van der Waals surface area contributed by atoms with Gasteiger partial charge in [-0.25, -0.2) is 4.98 Å². The standard InChI is InChI=1S/C24H22N2O2/c1-2-18-11-12-22-21(14-18)20(17-28-22)15-24(27)26(23-10-6-7-13-25-23)16-19-8-4-3-5-9-19/h3-14,17H,2,15-16H2,1H3. The Morgan fingerprint density at radius 1 is 1.00 bits per heavy atom. The van der Waals surface area contributed by atoms with Gasteiger partial charge in [0.25, 0.3) is 0 Å². The van der Waals surface area contributed by atoms with Gasteiger partial charge in [-0.2, -0.15) is 0 Å². The summed E-state index contributed by atoms with van der Waals surface area (Å²) in [7, 11) is 0. The predicted molar refractivity (Wildman–Crippen MR) is 111 cm³/mol. The van der Waals surface area contributed by atoms with Crippen LogP contribution >= 0.6 is 0 Å². The van der Waals surface area contributed by atoms with Gasteiger partial charge in [-0.05, 0) is 41.8 Å². The van der Waals surface area contributed by atoms with Crippen molar-refractivity contribution in [3.63, 3.8) is 0 Å². The smallest absolute Gasteiger partial charge is 0.233 e. The number of hydrogen-bond acceptors (Lipinski definition) is 3. The van der Waals surface area contributed by atoms with E-state index in [0.29, 0.717) is 12.4 Å². The number of benzene rings is 2. The first-order valence-corrected chi connectivity index (χ1v) is 9.49. The van der Waals surface area contributed by atoms with Crippen LogP contribution in [-0.4, -0.2) is 10.9 Å². The van der Waals surface area contributed by atoms with Gasteiger partial charge in [0.1, 0.15) is 11.4 Å². The van der Waals surface area contributed by atoms with Crippen LogP contribution in [0.1, 0.15) is 23.6 Å². The fourth-order valence-electron chi connectivity index (χ4n) is 3.32. The molecule has 0 bridgehead atoms. The molecule has 4 aromatic rings. The Morgan fingerprint density at radius 2 is 1.82 bits per heavy atom. The third-order valence-corrected chi connectivity index (χ3v) is 4.88. The van der Waals surface area contributed by atoms with Crippen LogP contribution in [0.2, 0.25) is 0 Å². The van der Waals surface area contributed by atoms with Gasteiger partial charge < -0.3 is 4.42 Å². The van der Waals surface area contributed by atoms with Crippen LogP contribution in [0.4, 0.5) is 5.82 Å². The number of hydrogen-bond donors (Lipinski definition) is 0. The maximum absolute atomic E-state index is 13.3. The SMILES string of the molecule is CCc1ccc2occ(CC(=O)N(Cc3ccccc3)c3ccccn3)c2c1. The number of fused-ring (bicyclic) bond motifs is 1. The molecule has 0 spiro atoms. The monoisotopic (exact) mass is 370 g/mol. The minimum Gasteiger partial charge on any atom is -0.464 e. The van der Waals surface area contributed by atoms with E-state index in [1.54, 1.807) is 17.4 Å². The number of carbonyl (C=O) groups is 1. The molecule has 2 aromatic carbocycles. The van der Waals surface area contributed by atoms with Crippen LogP contribution in [0.25, 0.3) is 11.0 Å². The fraction of sp³-hybridized carbons (Fsp3) is 0.167. The van der Waals surface area contributed by atoms with Crippen molar-refractivity contribution in [2.45, 2.75) is 26.3 Å². The summed E-state index contributed by atoms with van der Waals surface area (Å²) < 4.78 is 5.67. The van der Waals surface area contributed by atoms with Gasteiger partial charge in [0.05, 0.1) is 19.2 Å². The van der Waals surface area contributed by atoms with Crippen molar-refractivity contribution < 1.29 is 9.21 Å². The minimum atomic E-state index is -0.00726. The Bertz CT molecular complexity index is 1070. The summed E-state index contributed by atoms with van der Waals surface area (Å²) in [5, 5.41) is 1.01. The Morgan fingerprint density at radius 3 is 2.57 bits per heavy atom. The second-order valence-corrected chi connectivity index (χ2v) is 6.78. The zero-order chi connectivity index (χ0) is 19.3. The van der Waals surface area contributed by atoms with E-state index in [1.165, 1.54) is 5.56 Å². The lowest BCUT2D eigenvalue weighted by molar-refractivity contribution is -0.118. The molecule has 0 aliphatic carbocycles. The number of aryl methyl sites for hydroxylation is 1. The third kappa shape index (κ3) is 3.81. The van der Waals surface area contributed by atoms with Gasteiger partial charge in [0.15, 0.2) is 0 Å². The Balaban J connectivity index is 1.64.